The first kappa shape index (κ1) is 22.7. The van der Waals surface area contributed by atoms with Crippen LogP contribution < -0.4 is 20.1 Å². The van der Waals surface area contributed by atoms with Crippen molar-refractivity contribution in [2.75, 3.05) is 5.32 Å². The van der Waals surface area contributed by atoms with Crippen molar-refractivity contribution in [3.63, 3.8) is 0 Å². The molecule has 2 amide bonds. The summed E-state index contributed by atoms with van der Waals surface area (Å²) in [5.74, 6) is 3.14. The Balaban J connectivity index is 1.14. The molecule has 1 aliphatic carbocycles. The number of amides is 2. The van der Waals surface area contributed by atoms with Crippen LogP contribution in [0.5, 0.6) is 17.2 Å². The molecule has 2 N–H and O–H groups in total. The Morgan fingerprint density at radius 1 is 1.15 bits per heavy atom. The minimum absolute atomic E-state index is 0.0205. The standard InChI is InChI=1S/C27H33N3O4/c1-2-3-4-5-6-7-8-9-22(31)29-25-24-19-16-17(10-12-20(19)34-26(24)25)33-21-14-15-28-27-18(21)11-13-23(32)30-27/h10,12,14-16,24-26H,2-9,11,13H2,1H3,(H,29,31)(H,28,30,32)/t24-,25-,26-/m0/s1. The molecule has 2 aromatic rings. The number of benzene rings is 1. The molecular formula is C27H33N3O4. The number of carbonyl (C=O) groups is 2. The Bertz CT molecular complexity index is 1070. The number of nitrogens with zero attached hydrogens (tertiary/aromatic N) is 1. The number of nitrogens with one attached hydrogen (secondary N) is 2. The number of unbranched alkanes of at least 4 members (excludes halogenated alkanes) is 6. The predicted octanol–water partition coefficient (Wildman–Crippen LogP) is 5.24. The van der Waals surface area contributed by atoms with Crippen molar-refractivity contribution < 1.29 is 19.1 Å². The average molecular weight is 464 g/mol. The zero-order valence-electron chi connectivity index (χ0n) is 19.8. The molecule has 0 radical (unpaired) electrons. The van der Waals surface area contributed by atoms with E-state index in [4.69, 9.17) is 9.47 Å². The summed E-state index contributed by atoms with van der Waals surface area (Å²) in [7, 11) is 0. The molecule has 0 saturated heterocycles. The molecule has 1 aromatic heterocycles. The van der Waals surface area contributed by atoms with Crippen molar-refractivity contribution in [2.45, 2.75) is 89.2 Å². The Morgan fingerprint density at radius 3 is 2.82 bits per heavy atom. The molecule has 3 aliphatic rings. The number of aromatic nitrogens is 1. The molecule has 0 unspecified atom stereocenters. The fourth-order valence-corrected chi connectivity index (χ4v) is 5.06. The maximum absolute atomic E-state index is 12.4. The minimum atomic E-state index is -0.0216. The van der Waals surface area contributed by atoms with E-state index in [1.54, 1.807) is 6.20 Å². The smallest absolute Gasteiger partial charge is 0.225 e. The van der Waals surface area contributed by atoms with Gasteiger partial charge in [-0.05, 0) is 37.1 Å². The van der Waals surface area contributed by atoms with Gasteiger partial charge in [-0.3, -0.25) is 9.59 Å². The van der Waals surface area contributed by atoms with Crippen LogP contribution in [0.2, 0.25) is 0 Å². The van der Waals surface area contributed by atoms with Crippen LogP contribution in [-0.4, -0.2) is 28.9 Å². The Labute approximate surface area is 200 Å². The first-order valence-electron chi connectivity index (χ1n) is 12.7. The number of rotatable bonds is 11. The van der Waals surface area contributed by atoms with Crippen LogP contribution in [0.15, 0.2) is 30.5 Å². The zero-order chi connectivity index (χ0) is 23.5. The fraction of sp³-hybridized carbons (Fsp3) is 0.519. The first-order valence-corrected chi connectivity index (χ1v) is 12.7. The lowest BCUT2D eigenvalue weighted by atomic mass is 10.1. The molecule has 3 heterocycles. The van der Waals surface area contributed by atoms with Gasteiger partial charge in [0, 0.05) is 30.2 Å². The van der Waals surface area contributed by atoms with E-state index < -0.39 is 0 Å². The number of ether oxygens (including phenoxy) is 2. The summed E-state index contributed by atoms with van der Waals surface area (Å²) in [6.45, 7) is 2.22. The topological polar surface area (TPSA) is 89.6 Å². The molecule has 3 atom stereocenters. The lowest BCUT2D eigenvalue weighted by Gasteiger charge is -2.19. The van der Waals surface area contributed by atoms with E-state index in [0.717, 1.165) is 29.7 Å². The zero-order valence-corrected chi connectivity index (χ0v) is 19.8. The van der Waals surface area contributed by atoms with E-state index in [-0.39, 0.29) is 29.9 Å². The average Bonchev–Trinajstić information content (AvgIpc) is 3.34. The molecule has 2 aliphatic heterocycles. The molecular weight excluding hydrogens is 430 g/mol. The molecule has 1 aromatic carbocycles. The summed E-state index contributed by atoms with van der Waals surface area (Å²) in [4.78, 5) is 28.3. The normalized spacial score (nSPS) is 21.6. The van der Waals surface area contributed by atoms with E-state index >= 15 is 0 Å². The van der Waals surface area contributed by atoms with E-state index in [1.165, 1.54) is 32.1 Å². The van der Waals surface area contributed by atoms with E-state index in [1.807, 2.05) is 24.3 Å². The molecule has 34 heavy (non-hydrogen) atoms. The predicted molar refractivity (Wildman–Crippen MR) is 129 cm³/mol. The molecule has 0 spiro atoms. The van der Waals surface area contributed by atoms with Crippen LogP contribution in [0.3, 0.4) is 0 Å². The van der Waals surface area contributed by atoms with Gasteiger partial charge in [0.05, 0.1) is 12.0 Å². The Morgan fingerprint density at radius 2 is 1.97 bits per heavy atom. The second-order valence-corrected chi connectivity index (χ2v) is 9.56. The third-order valence-electron chi connectivity index (χ3n) is 6.99. The quantitative estimate of drug-likeness (QED) is 0.445. The van der Waals surface area contributed by atoms with E-state index in [0.29, 0.717) is 36.6 Å². The molecule has 7 nitrogen and oxygen atoms in total. The van der Waals surface area contributed by atoms with Crippen LogP contribution in [0.25, 0.3) is 0 Å². The highest BCUT2D eigenvalue weighted by molar-refractivity contribution is 5.93. The third-order valence-corrected chi connectivity index (χ3v) is 6.99. The number of pyridine rings is 1. The molecule has 180 valence electrons. The van der Waals surface area contributed by atoms with Crippen molar-refractivity contribution in [3.05, 3.63) is 41.6 Å². The molecule has 5 rings (SSSR count). The van der Waals surface area contributed by atoms with Crippen molar-refractivity contribution in [1.29, 1.82) is 0 Å². The highest BCUT2D eigenvalue weighted by atomic mass is 16.5. The summed E-state index contributed by atoms with van der Waals surface area (Å²) in [5.41, 5.74) is 2.00. The number of hydrogen-bond acceptors (Lipinski definition) is 5. The number of hydrogen-bond donors (Lipinski definition) is 2. The maximum atomic E-state index is 12.4. The number of fused-ring (bicyclic) bond motifs is 4. The second-order valence-electron chi connectivity index (χ2n) is 9.56. The van der Waals surface area contributed by atoms with E-state index in [9.17, 15) is 9.59 Å². The minimum Gasteiger partial charge on any atom is -0.487 e. The third kappa shape index (κ3) is 4.88. The van der Waals surface area contributed by atoms with Crippen molar-refractivity contribution in [1.82, 2.24) is 10.3 Å². The highest BCUT2D eigenvalue weighted by Crippen LogP contribution is 2.54. The molecule has 7 heteroatoms. The fourth-order valence-electron chi connectivity index (χ4n) is 5.06. The summed E-state index contributed by atoms with van der Waals surface area (Å²) < 4.78 is 12.2. The van der Waals surface area contributed by atoms with Crippen LogP contribution >= 0.6 is 0 Å². The molecule has 1 fully saturated rings. The maximum Gasteiger partial charge on any atom is 0.225 e. The summed E-state index contributed by atoms with van der Waals surface area (Å²) in [6, 6.07) is 7.71. The van der Waals surface area contributed by atoms with Crippen LogP contribution in [-0.2, 0) is 16.0 Å². The monoisotopic (exact) mass is 463 g/mol. The largest absolute Gasteiger partial charge is 0.487 e. The number of anilines is 1. The molecule has 1 saturated carbocycles. The van der Waals surface area contributed by atoms with Gasteiger partial charge < -0.3 is 20.1 Å². The van der Waals surface area contributed by atoms with Gasteiger partial charge in [0.1, 0.15) is 29.2 Å². The second kappa shape index (κ2) is 10.0. The van der Waals surface area contributed by atoms with Crippen LogP contribution in [0.4, 0.5) is 5.82 Å². The summed E-state index contributed by atoms with van der Waals surface area (Å²) in [6.07, 6.45) is 11.7. The van der Waals surface area contributed by atoms with Gasteiger partial charge in [-0.2, -0.15) is 0 Å². The van der Waals surface area contributed by atoms with E-state index in [2.05, 4.69) is 22.5 Å². The van der Waals surface area contributed by atoms with Gasteiger partial charge >= 0.3 is 0 Å². The Kier molecular flexibility index (Phi) is 6.70. The van der Waals surface area contributed by atoms with Crippen molar-refractivity contribution in [3.8, 4) is 17.2 Å². The van der Waals surface area contributed by atoms with Gasteiger partial charge in [-0.25, -0.2) is 4.98 Å². The van der Waals surface area contributed by atoms with Crippen molar-refractivity contribution in [2.24, 2.45) is 0 Å². The first-order chi connectivity index (χ1) is 16.6. The summed E-state index contributed by atoms with van der Waals surface area (Å²) >= 11 is 0. The highest BCUT2D eigenvalue weighted by Gasteiger charge is 2.59. The van der Waals surface area contributed by atoms with Crippen molar-refractivity contribution >= 4 is 17.6 Å². The molecule has 0 bridgehead atoms. The van der Waals surface area contributed by atoms with Crippen LogP contribution in [0, 0.1) is 0 Å². The lowest BCUT2D eigenvalue weighted by molar-refractivity contribution is -0.121. The summed E-state index contributed by atoms with van der Waals surface area (Å²) in [5, 5.41) is 5.97. The Hall–Kier alpha value is -3.09. The van der Waals surface area contributed by atoms with Gasteiger partial charge in [-0.15, -0.1) is 0 Å². The SMILES string of the molecule is CCCCCCCCCC(=O)N[C@@H]1[C@H]2Oc3ccc(Oc4ccnc5c4CCC(=O)N5)cc3[C@@H]12. The van der Waals surface area contributed by atoms with Gasteiger partial charge in [-0.1, -0.05) is 45.4 Å². The number of carbonyl (C=O) groups excluding carboxylic acids is 2. The van der Waals surface area contributed by atoms with Crippen LogP contribution in [0.1, 0.15) is 81.8 Å². The van der Waals surface area contributed by atoms with Gasteiger partial charge in [0.15, 0.2) is 0 Å². The van der Waals surface area contributed by atoms with Gasteiger partial charge in [0.25, 0.3) is 0 Å². The van der Waals surface area contributed by atoms with Gasteiger partial charge in [0.2, 0.25) is 11.8 Å². The lowest BCUT2D eigenvalue weighted by Crippen LogP contribution is -2.29.